The lowest BCUT2D eigenvalue weighted by Gasteiger charge is -2.28. The smallest absolute Gasteiger partial charge is 0.268 e. The quantitative estimate of drug-likeness (QED) is 0.481. The predicted molar refractivity (Wildman–Crippen MR) is 135 cm³/mol. The van der Waals surface area contributed by atoms with Gasteiger partial charge in [-0.3, -0.25) is 9.59 Å². The van der Waals surface area contributed by atoms with Crippen molar-refractivity contribution in [2.24, 2.45) is 0 Å². The molecule has 0 spiro atoms. The maximum atomic E-state index is 13.0. The van der Waals surface area contributed by atoms with Crippen molar-refractivity contribution in [1.29, 1.82) is 0 Å². The van der Waals surface area contributed by atoms with Crippen LogP contribution < -0.4 is 15.5 Å². The van der Waals surface area contributed by atoms with Crippen LogP contribution in [0.4, 0.5) is 5.69 Å². The third-order valence-corrected chi connectivity index (χ3v) is 6.53. The number of aryl methyl sites for hydroxylation is 1. The minimum absolute atomic E-state index is 0.230. The van der Waals surface area contributed by atoms with Crippen LogP contribution in [0.25, 0.3) is 6.08 Å². The summed E-state index contributed by atoms with van der Waals surface area (Å²) in [5.74, 6) is -0.618. The average Bonchev–Trinajstić information content (AvgIpc) is 3.36. The fraction of sp³-hybridized carbons (Fsp3) is 0.259. The minimum Gasteiger partial charge on any atom is -0.372 e. The zero-order chi connectivity index (χ0) is 23.0. The number of piperidine rings is 1. The Balaban J connectivity index is 1.42. The summed E-state index contributed by atoms with van der Waals surface area (Å²) in [5.41, 5.74) is 3.99. The van der Waals surface area contributed by atoms with Gasteiger partial charge < -0.3 is 15.5 Å². The molecule has 0 aliphatic carbocycles. The molecule has 33 heavy (non-hydrogen) atoms. The summed E-state index contributed by atoms with van der Waals surface area (Å²) in [5, 5.41) is 7.68. The van der Waals surface area contributed by atoms with Crippen LogP contribution in [0.5, 0.6) is 0 Å². The summed E-state index contributed by atoms with van der Waals surface area (Å²) in [6, 6.07) is 19.5. The van der Waals surface area contributed by atoms with Gasteiger partial charge in [-0.1, -0.05) is 35.9 Å². The molecule has 2 amide bonds. The highest BCUT2D eigenvalue weighted by atomic mass is 32.1. The van der Waals surface area contributed by atoms with Crippen molar-refractivity contribution in [1.82, 2.24) is 10.6 Å². The van der Waals surface area contributed by atoms with Crippen LogP contribution in [0.15, 0.2) is 71.7 Å². The molecule has 3 aromatic rings. The molecule has 2 aromatic carbocycles. The third-order valence-electron chi connectivity index (χ3n) is 5.71. The van der Waals surface area contributed by atoms with Crippen LogP contribution in [-0.4, -0.2) is 24.9 Å². The van der Waals surface area contributed by atoms with Gasteiger partial charge in [0.2, 0.25) is 0 Å². The number of amides is 2. The standard InChI is InChI=1S/C27H29N3O2S/c1-20-7-5-8-22(17-20)26(31)29-25(18-24-9-6-16-33-24)27(32)28-19-21-10-12-23(13-11-21)30-14-3-2-4-15-30/h5-13,16-18H,2-4,14-15,19H2,1H3,(H,28,32)(H,29,31)/b25-18-. The molecule has 1 aliphatic heterocycles. The van der Waals surface area contributed by atoms with Gasteiger partial charge in [0.15, 0.2) is 0 Å². The van der Waals surface area contributed by atoms with Crippen molar-refractivity contribution in [2.75, 3.05) is 18.0 Å². The lowest BCUT2D eigenvalue weighted by molar-refractivity contribution is -0.117. The Labute approximate surface area is 199 Å². The van der Waals surface area contributed by atoms with E-state index in [1.165, 1.54) is 36.3 Å². The van der Waals surface area contributed by atoms with E-state index in [1.54, 1.807) is 18.2 Å². The molecule has 0 bridgehead atoms. The van der Waals surface area contributed by atoms with Crippen molar-refractivity contribution in [3.05, 3.63) is 93.3 Å². The molecule has 0 radical (unpaired) electrons. The Bertz CT molecular complexity index is 1110. The maximum absolute atomic E-state index is 13.0. The minimum atomic E-state index is -0.315. The number of hydrogen-bond donors (Lipinski definition) is 2. The number of anilines is 1. The molecule has 0 unspecified atom stereocenters. The second kappa shape index (κ2) is 11.0. The Morgan fingerprint density at radius 2 is 1.79 bits per heavy atom. The number of nitrogens with one attached hydrogen (secondary N) is 2. The fourth-order valence-corrected chi connectivity index (χ4v) is 4.57. The van der Waals surface area contributed by atoms with E-state index in [1.807, 2.05) is 36.6 Å². The van der Waals surface area contributed by atoms with E-state index in [-0.39, 0.29) is 17.5 Å². The average molecular weight is 460 g/mol. The number of thiophene rings is 1. The summed E-state index contributed by atoms with van der Waals surface area (Å²) in [6.07, 6.45) is 5.51. The molecule has 6 heteroatoms. The monoisotopic (exact) mass is 459 g/mol. The molecule has 5 nitrogen and oxygen atoms in total. The van der Waals surface area contributed by atoms with Gasteiger partial charge in [-0.15, -0.1) is 11.3 Å². The summed E-state index contributed by atoms with van der Waals surface area (Å²) in [6.45, 7) is 4.53. The molecular weight excluding hydrogens is 430 g/mol. The first-order valence-electron chi connectivity index (χ1n) is 11.3. The van der Waals surface area contributed by atoms with Crippen molar-refractivity contribution in [3.8, 4) is 0 Å². The highest BCUT2D eigenvalue weighted by molar-refractivity contribution is 7.10. The van der Waals surface area contributed by atoms with Gasteiger partial charge in [-0.2, -0.15) is 0 Å². The summed E-state index contributed by atoms with van der Waals surface area (Å²) in [4.78, 5) is 29.1. The van der Waals surface area contributed by atoms with Crippen LogP contribution in [0.3, 0.4) is 0 Å². The van der Waals surface area contributed by atoms with Crippen molar-refractivity contribution < 1.29 is 9.59 Å². The maximum Gasteiger partial charge on any atom is 0.268 e. The first kappa shape index (κ1) is 22.8. The molecule has 1 fully saturated rings. The Morgan fingerprint density at radius 3 is 2.48 bits per heavy atom. The zero-order valence-electron chi connectivity index (χ0n) is 18.8. The van der Waals surface area contributed by atoms with Crippen molar-refractivity contribution in [3.63, 3.8) is 0 Å². The van der Waals surface area contributed by atoms with E-state index in [0.29, 0.717) is 12.1 Å². The molecule has 1 aliphatic rings. The Kier molecular flexibility index (Phi) is 7.58. The lowest BCUT2D eigenvalue weighted by Crippen LogP contribution is -2.34. The van der Waals surface area contributed by atoms with E-state index >= 15 is 0 Å². The fourth-order valence-electron chi connectivity index (χ4n) is 3.91. The second-order valence-electron chi connectivity index (χ2n) is 8.29. The Morgan fingerprint density at radius 1 is 1.00 bits per heavy atom. The molecule has 1 aromatic heterocycles. The first-order valence-corrected chi connectivity index (χ1v) is 12.2. The number of benzene rings is 2. The summed E-state index contributed by atoms with van der Waals surface area (Å²) < 4.78 is 0. The number of rotatable bonds is 7. The zero-order valence-corrected chi connectivity index (χ0v) is 19.7. The van der Waals surface area contributed by atoms with Crippen LogP contribution in [0.2, 0.25) is 0 Å². The molecule has 0 saturated carbocycles. The van der Waals surface area contributed by atoms with Crippen molar-refractivity contribution >= 4 is 34.9 Å². The molecule has 1 saturated heterocycles. The third kappa shape index (κ3) is 6.33. The Hall–Kier alpha value is -3.38. The lowest BCUT2D eigenvalue weighted by atomic mass is 10.1. The van der Waals surface area contributed by atoms with Crippen LogP contribution in [0.1, 0.15) is 45.6 Å². The second-order valence-corrected chi connectivity index (χ2v) is 9.27. The normalized spacial score (nSPS) is 14.1. The van der Waals surface area contributed by atoms with Gasteiger partial charge in [0, 0.05) is 35.8 Å². The summed E-state index contributed by atoms with van der Waals surface area (Å²) >= 11 is 1.51. The van der Waals surface area contributed by atoms with E-state index in [4.69, 9.17) is 0 Å². The van der Waals surface area contributed by atoms with Crippen LogP contribution in [-0.2, 0) is 11.3 Å². The molecule has 2 N–H and O–H groups in total. The van der Waals surface area contributed by atoms with Crippen LogP contribution >= 0.6 is 11.3 Å². The molecular formula is C27H29N3O2S. The number of carbonyl (C=O) groups is 2. The highest BCUT2D eigenvalue weighted by Gasteiger charge is 2.15. The number of hydrogen-bond acceptors (Lipinski definition) is 4. The molecule has 170 valence electrons. The van der Waals surface area contributed by atoms with Gasteiger partial charge >= 0.3 is 0 Å². The molecule has 0 atom stereocenters. The topological polar surface area (TPSA) is 61.4 Å². The summed E-state index contributed by atoms with van der Waals surface area (Å²) in [7, 11) is 0. The van der Waals surface area contributed by atoms with Crippen LogP contribution in [0, 0.1) is 6.92 Å². The van der Waals surface area contributed by atoms with Gasteiger partial charge in [0.25, 0.3) is 11.8 Å². The van der Waals surface area contributed by atoms with Gasteiger partial charge in [0.1, 0.15) is 5.70 Å². The number of carbonyl (C=O) groups excluding carboxylic acids is 2. The van der Waals surface area contributed by atoms with Gasteiger partial charge in [-0.05, 0) is 73.5 Å². The SMILES string of the molecule is Cc1cccc(C(=O)N/C(=C\c2cccs2)C(=O)NCc2ccc(N3CCCCC3)cc2)c1. The predicted octanol–water partition coefficient (Wildman–Crippen LogP) is 5.13. The molecule has 2 heterocycles. The largest absolute Gasteiger partial charge is 0.372 e. The van der Waals surface area contributed by atoms with E-state index in [0.717, 1.165) is 29.1 Å². The van der Waals surface area contributed by atoms with Gasteiger partial charge in [0.05, 0.1) is 0 Å². The van der Waals surface area contributed by atoms with Gasteiger partial charge in [-0.25, -0.2) is 0 Å². The molecule has 4 rings (SSSR count). The van der Waals surface area contributed by atoms with Crippen molar-refractivity contribution in [2.45, 2.75) is 32.7 Å². The number of nitrogens with zero attached hydrogens (tertiary/aromatic N) is 1. The van der Waals surface area contributed by atoms with E-state index in [2.05, 4.69) is 39.8 Å². The van der Waals surface area contributed by atoms with E-state index in [9.17, 15) is 9.59 Å². The highest BCUT2D eigenvalue weighted by Crippen LogP contribution is 2.20. The van der Waals surface area contributed by atoms with E-state index < -0.39 is 0 Å². The first-order chi connectivity index (χ1) is 16.1.